The molecule has 0 radical (unpaired) electrons. The van der Waals surface area contributed by atoms with Crippen LogP contribution >= 0.6 is 19.0 Å². The Bertz CT molecular complexity index is 751. The zero-order chi connectivity index (χ0) is 19.0. The van der Waals surface area contributed by atoms with Crippen LogP contribution in [0.25, 0.3) is 0 Å². The molecule has 0 saturated carbocycles. The normalized spacial score (nSPS) is 12.0. The molecule has 0 saturated heterocycles. The van der Waals surface area contributed by atoms with Gasteiger partial charge < -0.3 is 5.32 Å². The van der Waals surface area contributed by atoms with Gasteiger partial charge in [-0.2, -0.15) is 0 Å². The Kier molecular flexibility index (Phi) is 7.15. The third-order valence-corrected chi connectivity index (χ3v) is 9.43. The van der Waals surface area contributed by atoms with Crippen LogP contribution in [0.4, 0.5) is 0 Å². The fraction of sp³-hybridized carbons (Fsp3) is 0.167. The van der Waals surface area contributed by atoms with Crippen molar-refractivity contribution < 1.29 is 0 Å². The van der Waals surface area contributed by atoms with Crippen LogP contribution < -0.4 is 21.2 Å². The van der Waals surface area contributed by atoms with Crippen LogP contribution in [0.5, 0.6) is 0 Å². The van der Waals surface area contributed by atoms with Crippen LogP contribution in [0.1, 0.15) is 13.3 Å². The summed E-state index contributed by atoms with van der Waals surface area (Å²) in [5, 5.41) is 9.03. The van der Waals surface area contributed by atoms with Gasteiger partial charge in [0.25, 0.3) is 0 Å². The Balaban J connectivity index is 2.31. The maximum absolute atomic E-state index is 3.64. The van der Waals surface area contributed by atoms with E-state index in [1.54, 1.807) is 11.8 Å². The fourth-order valence-electron chi connectivity index (χ4n) is 3.25. The van der Waals surface area contributed by atoms with E-state index in [0.29, 0.717) is 0 Å². The number of thioether (sulfide) groups is 1. The minimum atomic E-state index is -1.91. The second-order valence-corrected chi connectivity index (χ2v) is 10.5. The Morgan fingerprint density at radius 2 is 1.19 bits per heavy atom. The average Bonchev–Trinajstić information content (AvgIpc) is 2.76. The largest absolute Gasteiger partial charge is 0.377 e. The maximum Gasteiger partial charge on any atom is 0.139 e. The van der Waals surface area contributed by atoms with E-state index in [0.717, 1.165) is 13.0 Å². The topological polar surface area (TPSA) is 12.0 Å². The number of hydrogen-bond acceptors (Lipinski definition) is 2. The number of benzene rings is 3. The molecule has 3 rings (SSSR count). The van der Waals surface area contributed by atoms with Crippen molar-refractivity contribution in [3.8, 4) is 0 Å². The summed E-state index contributed by atoms with van der Waals surface area (Å²) in [6.07, 6.45) is 3.27. The van der Waals surface area contributed by atoms with Crippen molar-refractivity contribution in [3.63, 3.8) is 0 Å². The first-order valence-corrected chi connectivity index (χ1v) is 12.5. The van der Waals surface area contributed by atoms with Crippen LogP contribution in [0, 0.1) is 0 Å². The second-order valence-electron chi connectivity index (χ2n) is 6.35. The summed E-state index contributed by atoms with van der Waals surface area (Å²) in [4.78, 5) is 0. The van der Waals surface area contributed by atoms with E-state index >= 15 is 0 Å². The van der Waals surface area contributed by atoms with E-state index in [4.69, 9.17) is 0 Å². The molecule has 0 aromatic heterocycles. The van der Waals surface area contributed by atoms with Gasteiger partial charge in [0, 0.05) is 6.54 Å². The van der Waals surface area contributed by atoms with Crippen LogP contribution in [0.3, 0.4) is 0 Å². The first kappa shape index (κ1) is 19.7. The lowest BCUT2D eigenvalue weighted by molar-refractivity contribution is 0.801. The maximum atomic E-state index is 3.64. The average molecular weight is 393 g/mol. The molecule has 27 heavy (non-hydrogen) atoms. The zero-order valence-corrected chi connectivity index (χ0v) is 17.7. The fourth-order valence-corrected chi connectivity index (χ4v) is 8.11. The summed E-state index contributed by atoms with van der Waals surface area (Å²) in [5.41, 5.74) is 0. The SMILES string of the molecule is CCCN/C(=C\[P+](c1ccccc1)(c1ccccc1)c1ccccc1)SC. The van der Waals surface area contributed by atoms with Gasteiger partial charge in [-0.25, -0.2) is 0 Å². The molecule has 0 amide bonds. The van der Waals surface area contributed by atoms with Crippen molar-refractivity contribution >= 4 is 34.9 Å². The molecular formula is C24H27NPS+. The number of nitrogens with one attached hydrogen (secondary N) is 1. The Morgan fingerprint density at radius 3 is 1.52 bits per heavy atom. The predicted octanol–water partition coefficient (Wildman–Crippen LogP) is 5.14. The lowest BCUT2D eigenvalue weighted by Gasteiger charge is -2.25. The van der Waals surface area contributed by atoms with E-state index in [1.807, 2.05) is 0 Å². The molecular weight excluding hydrogens is 365 g/mol. The van der Waals surface area contributed by atoms with Gasteiger partial charge in [0.1, 0.15) is 34.0 Å². The van der Waals surface area contributed by atoms with E-state index in [1.165, 1.54) is 20.9 Å². The molecule has 0 fully saturated rings. The van der Waals surface area contributed by atoms with Gasteiger partial charge in [0.15, 0.2) is 0 Å². The first-order valence-electron chi connectivity index (χ1n) is 9.37. The monoisotopic (exact) mass is 392 g/mol. The van der Waals surface area contributed by atoms with Crippen molar-refractivity contribution in [1.82, 2.24) is 5.32 Å². The zero-order valence-electron chi connectivity index (χ0n) is 16.0. The van der Waals surface area contributed by atoms with E-state index in [2.05, 4.69) is 115 Å². The van der Waals surface area contributed by atoms with Crippen LogP contribution in [0.2, 0.25) is 0 Å². The van der Waals surface area contributed by atoms with Gasteiger partial charge in [-0.1, -0.05) is 61.5 Å². The molecule has 0 spiro atoms. The molecule has 3 aromatic carbocycles. The highest BCUT2D eigenvalue weighted by Gasteiger charge is 2.44. The van der Waals surface area contributed by atoms with E-state index in [-0.39, 0.29) is 0 Å². The first-order chi connectivity index (χ1) is 13.3. The molecule has 0 unspecified atom stereocenters. The van der Waals surface area contributed by atoms with Gasteiger partial charge >= 0.3 is 0 Å². The molecule has 3 heteroatoms. The van der Waals surface area contributed by atoms with Crippen molar-refractivity contribution in [1.29, 1.82) is 0 Å². The Labute approximate surface area is 168 Å². The predicted molar refractivity (Wildman–Crippen MR) is 125 cm³/mol. The van der Waals surface area contributed by atoms with Crippen LogP contribution in [0.15, 0.2) is 102 Å². The van der Waals surface area contributed by atoms with Crippen molar-refractivity contribution in [2.75, 3.05) is 12.8 Å². The highest BCUT2D eigenvalue weighted by Crippen LogP contribution is 2.57. The van der Waals surface area contributed by atoms with E-state index in [9.17, 15) is 0 Å². The summed E-state index contributed by atoms with van der Waals surface area (Å²) in [7, 11) is -1.91. The highest BCUT2D eigenvalue weighted by atomic mass is 32.2. The lowest BCUT2D eigenvalue weighted by atomic mass is 10.4. The van der Waals surface area contributed by atoms with Crippen LogP contribution in [-0.4, -0.2) is 12.8 Å². The summed E-state index contributed by atoms with van der Waals surface area (Å²) in [5.74, 6) is 2.51. The highest BCUT2D eigenvalue weighted by molar-refractivity contribution is 8.04. The molecule has 0 bridgehead atoms. The minimum absolute atomic E-state index is 0.991. The second kappa shape index (κ2) is 9.78. The van der Waals surface area contributed by atoms with E-state index < -0.39 is 7.26 Å². The molecule has 0 atom stereocenters. The van der Waals surface area contributed by atoms with Crippen molar-refractivity contribution in [2.45, 2.75) is 13.3 Å². The smallest absolute Gasteiger partial charge is 0.139 e. The third kappa shape index (κ3) is 4.46. The van der Waals surface area contributed by atoms with Gasteiger partial charge in [-0.05, 0) is 49.1 Å². The molecule has 3 aromatic rings. The molecule has 1 nitrogen and oxygen atoms in total. The minimum Gasteiger partial charge on any atom is -0.377 e. The lowest BCUT2D eigenvalue weighted by Crippen LogP contribution is -2.30. The standard InChI is InChI=1S/C24H27NPS/c1-3-19-25-24(27-2)20-26(21-13-7-4-8-14-21,22-15-9-5-10-16-22)23-17-11-6-12-18-23/h4-18,20,25H,3,19H2,1-2H3/q+1/b24-20+. The van der Waals surface area contributed by atoms with Crippen LogP contribution in [-0.2, 0) is 0 Å². The number of hydrogen-bond donors (Lipinski definition) is 1. The van der Waals surface area contributed by atoms with Gasteiger partial charge in [0.05, 0.1) is 0 Å². The van der Waals surface area contributed by atoms with Gasteiger partial charge in [-0.15, -0.1) is 11.8 Å². The summed E-state index contributed by atoms with van der Waals surface area (Å²) in [6.45, 7) is 3.20. The number of rotatable bonds is 8. The molecule has 1 N–H and O–H groups in total. The van der Waals surface area contributed by atoms with Crippen molar-refractivity contribution in [3.05, 3.63) is 102 Å². The molecule has 0 aliphatic heterocycles. The Morgan fingerprint density at radius 1 is 0.778 bits per heavy atom. The third-order valence-electron chi connectivity index (χ3n) is 4.57. The Hall–Kier alpha value is -2.02. The quantitative estimate of drug-likeness (QED) is 0.533. The molecule has 0 aliphatic rings. The molecule has 0 heterocycles. The van der Waals surface area contributed by atoms with Gasteiger partial charge in [-0.3, -0.25) is 0 Å². The molecule has 138 valence electrons. The summed E-state index contributed by atoms with van der Waals surface area (Å²) >= 11 is 1.80. The molecule has 0 aliphatic carbocycles. The van der Waals surface area contributed by atoms with Gasteiger partial charge in [0.2, 0.25) is 0 Å². The summed E-state index contributed by atoms with van der Waals surface area (Å²) < 4.78 is 0. The van der Waals surface area contributed by atoms with Crippen molar-refractivity contribution in [2.24, 2.45) is 0 Å². The summed E-state index contributed by atoms with van der Waals surface area (Å²) in [6, 6.07) is 32.9.